The van der Waals surface area contributed by atoms with Gasteiger partial charge < -0.3 is 11.1 Å². The minimum absolute atomic E-state index is 0.0513. The van der Waals surface area contributed by atoms with Crippen molar-refractivity contribution in [2.75, 3.05) is 13.1 Å². The Balaban J connectivity index is 2.02. The lowest BCUT2D eigenvalue weighted by Crippen LogP contribution is -2.27. The van der Waals surface area contributed by atoms with Crippen molar-refractivity contribution in [1.82, 2.24) is 5.32 Å². The summed E-state index contributed by atoms with van der Waals surface area (Å²) in [5.41, 5.74) is 7.11. The molecule has 0 heterocycles. The van der Waals surface area contributed by atoms with Crippen LogP contribution in [-0.4, -0.2) is 19.0 Å². The van der Waals surface area contributed by atoms with E-state index in [1.165, 1.54) is 6.42 Å². The van der Waals surface area contributed by atoms with Gasteiger partial charge in [-0.2, -0.15) is 0 Å². The van der Waals surface area contributed by atoms with Crippen LogP contribution in [0.3, 0.4) is 0 Å². The van der Waals surface area contributed by atoms with Gasteiger partial charge in [0.15, 0.2) is 0 Å². The highest BCUT2D eigenvalue weighted by molar-refractivity contribution is 5.96. The van der Waals surface area contributed by atoms with Gasteiger partial charge in [-0.3, -0.25) is 4.79 Å². The number of hydrogen-bond acceptors (Lipinski definition) is 2. The highest BCUT2D eigenvalue weighted by Gasteiger charge is 2.45. The molecule has 0 aromatic heterocycles. The number of hydrogen-bond donors (Lipinski definition) is 2. The summed E-state index contributed by atoms with van der Waals surface area (Å²) in [5, 5.41) is 3.00. The van der Waals surface area contributed by atoms with E-state index in [0.29, 0.717) is 23.4 Å². The molecule has 0 aliphatic heterocycles. The predicted octanol–water partition coefficient (Wildman–Crippen LogP) is 1.77. The summed E-state index contributed by atoms with van der Waals surface area (Å²) in [5.74, 6) is 6.27. The van der Waals surface area contributed by atoms with E-state index in [4.69, 9.17) is 5.73 Å². The zero-order valence-corrected chi connectivity index (χ0v) is 11.5. The highest BCUT2D eigenvalue weighted by atomic mass is 16.1. The molecule has 3 heteroatoms. The Labute approximate surface area is 114 Å². The smallest absolute Gasteiger partial charge is 0.252 e. The van der Waals surface area contributed by atoms with E-state index in [1.807, 2.05) is 18.2 Å². The molecule has 19 heavy (non-hydrogen) atoms. The lowest BCUT2D eigenvalue weighted by atomic mass is 10.1. The molecule has 1 unspecified atom stereocenters. The molecule has 0 spiro atoms. The molecule has 0 saturated heterocycles. The van der Waals surface area contributed by atoms with E-state index >= 15 is 0 Å². The van der Waals surface area contributed by atoms with Gasteiger partial charge in [0, 0.05) is 12.1 Å². The van der Waals surface area contributed by atoms with Crippen molar-refractivity contribution in [1.29, 1.82) is 0 Å². The summed E-state index contributed by atoms with van der Waals surface area (Å²) < 4.78 is 0. The lowest BCUT2D eigenvalue weighted by Gasteiger charge is -2.08. The lowest BCUT2D eigenvalue weighted by molar-refractivity contribution is 0.0950. The van der Waals surface area contributed by atoms with E-state index in [2.05, 4.69) is 31.0 Å². The molecule has 3 N–H and O–H groups in total. The Morgan fingerprint density at radius 3 is 2.79 bits per heavy atom. The van der Waals surface area contributed by atoms with Crippen molar-refractivity contribution in [2.24, 2.45) is 17.1 Å². The number of benzene rings is 1. The van der Waals surface area contributed by atoms with Crippen LogP contribution in [0.4, 0.5) is 0 Å². The third-order valence-electron chi connectivity index (χ3n) is 3.72. The van der Waals surface area contributed by atoms with Crippen molar-refractivity contribution in [3.8, 4) is 11.8 Å². The van der Waals surface area contributed by atoms with Gasteiger partial charge in [-0.05, 0) is 29.9 Å². The molecular formula is C16H20N2O. The summed E-state index contributed by atoms with van der Waals surface area (Å²) >= 11 is 0. The van der Waals surface area contributed by atoms with E-state index < -0.39 is 0 Å². The minimum atomic E-state index is -0.0513. The van der Waals surface area contributed by atoms with Crippen LogP contribution in [-0.2, 0) is 0 Å². The van der Waals surface area contributed by atoms with E-state index in [-0.39, 0.29) is 5.91 Å². The van der Waals surface area contributed by atoms with Crippen molar-refractivity contribution in [3.05, 3.63) is 35.4 Å². The van der Waals surface area contributed by atoms with E-state index in [9.17, 15) is 4.79 Å². The summed E-state index contributed by atoms with van der Waals surface area (Å²) in [6.07, 6.45) is 1.18. The van der Waals surface area contributed by atoms with Crippen LogP contribution in [0, 0.1) is 23.2 Å². The monoisotopic (exact) mass is 256 g/mol. The van der Waals surface area contributed by atoms with Gasteiger partial charge in [-0.25, -0.2) is 0 Å². The zero-order chi connectivity index (χ0) is 13.9. The molecule has 100 valence electrons. The number of nitrogens with one attached hydrogen (secondary N) is 1. The quantitative estimate of drug-likeness (QED) is 0.810. The van der Waals surface area contributed by atoms with E-state index in [1.54, 1.807) is 6.07 Å². The second-order valence-corrected chi connectivity index (χ2v) is 5.65. The largest absolute Gasteiger partial charge is 0.352 e. The molecular weight excluding hydrogens is 236 g/mol. The number of carbonyl (C=O) groups excluding carboxylic acids is 1. The molecule has 1 saturated carbocycles. The van der Waals surface area contributed by atoms with Crippen LogP contribution < -0.4 is 11.1 Å². The van der Waals surface area contributed by atoms with Crippen molar-refractivity contribution >= 4 is 5.91 Å². The topological polar surface area (TPSA) is 55.1 Å². The molecule has 1 amide bonds. The molecule has 1 fully saturated rings. The van der Waals surface area contributed by atoms with Gasteiger partial charge >= 0.3 is 0 Å². The van der Waals surface area contributed by atoms with Crippen molar-refractivity contribution in [3.63, 3.8) is 0 Å². The van der Waals surface area contributed by atoms with Gasteiger partial charge in [0.2, 0.25) is 0 Å². The highest BCUT2D eigenvalue weighted by Crippen LogP contribution is 2.50. The number of nitrogens with two attached hydrogens (primary N) is 1. The third-order valence-corrected chi connectivity index (χ3v) is 3.72. The van der Waals surface area contributed by atoms with Crippen LogP contribution in [0.5, 0.6) is 0 Å². The van der Waals surface area contributed by atoms with Gasteiger partial charge in [-0.1, -0.05) is 37.8 Å². The fourth-order valence-corrected chi connectivity index (χ4v) is 2.17. The van der Waals surface area contributed by atoms with Crippen molar-refractivity contribution < 1.29 is 4.79 Å². The molecule has 1 aliphatic carbocycles. The Morgan fingerprint density at radius 1 is 1.47 bits per heavy atom. The third kappa shape index (κ3) is 3.36. The molecule has 1 atom stereocenters. The van der Waals surface area contributed by atoms with Gasteiger partial charge in [0.25, 0.3) is 5.91 Å². The number of amides is 1. The van der Waals surface area contributed by atoms with Crippen LogP contribution >= 0.6 is 0 Å². The second-order valence-electron chi connectivity index (χ2n) is 5.65. The first-order valence-corrected chi connectivity index (χ1v) is 6.61. The minimum Gasteiger partial charge on any atom is -0.352 e. The average Bonchev–Trinajstić information content (AvgIpc) is 3.01. The number of carbonyl (C=O) groups is 1. The molecule has 0 bridgehead atoms. The molecule has 1 aromatic carbocycles. The predicted molar refractivity (Wildman–Crippen MR) is 76.6 cm³/mol. The normalized spacial score (nSPS) is 19.2. The number of rotatable bonds is 3. The maximum atomic E-state index is 12.2. The Kier molecular flexibility index (Phi) is 3.92. The standard InChI is InChI=1S/C16H20N2O/c1-16(2)10-13(16)11-18-15(19)14-8-4-3-6-12(14)7-5-9-17/h3-4,6,8,13H,9-11,17H2,1-2H3,(H,18,19). The van der Waals surface area contributed by atoms with Crippen LogP contribution in [0.15, 0.2) is 24.3 Å². The SMILES string of the molecule is CC1(C)CC1CNC(=O)c1ccccc1C#CCN. The fraction of sp³-hybridized carbons (Fsp3) is 0.438. The summed E-state index contributed by atoms with van der Waals surface area (Å²) in [4.78, 5) is 12.2. The second kappa shape index (κ2) is 5.46. The maximum absolute atomic E-state index is 12.2. The van der Waals surface area contributed by atoms with E-state index in [0.717, 1.165) is 12.1 Å². The first kappa shape index (κ1) is 13.6. The zero-order valence-electron chi connectivity index (χ0n) is 11.5. The first-order chi connectivity index (χ1) is 9.04. The van der Waals surface area contributed by atoms with Crippen molar-refractivity contribution in [2.45, 2.75) is 20.3 Å². The summed E-state index contributed by atoms with van der Waals surface area (Å²) in [6, 6.07) is 7.37. The summed E-state index contributed by atoms with van der Waals surface area (Å²) in [7, 11) is 0. The van der Waals surface area contributed by atoms with Gasteiger partial charge in [0.1, 0.15) is 0 Å². The first-order valence-electron chi connectivity index (χ1n) is 6.61. The summed E-state index contributed by atoms with van der Waals surface area (Å²) in [6.45, 7) is 5.49. The van der Waals surface area contributed by atoms with Crippen LogP contribution in [0.25, 0.3) is 0 Å². The molecule has 1 aliphatic rings. The van der Waals surface area contributed by atoms with Gasteiger partial charge in [-0.15, -0.1) is 0 Å². The molecule has 0 radical (unpaired) electrons. The van der Waals surface area contributed by atoms with Gasteiger partial charge in [0.05, 0.1) is 12.1 Å². The Hall–Kier alpha value is -1.79. The molecule has 1 aromatic rings. The fourth-order valence-electron chi connectivity index (χ4n) is 2.17. The van der Waals surface area contributed by atoms with Crippen LogP contribution in [0.1, 0.15) is 36.2 Å². The maximum Gasteiger partial charge on any atom is 0.252 e. The Bertz CT molecular complexity index is 537. The average molecular weight is 256 g/mol. The van der Waals surface area contributed by atoms with Crippen LogP contribution in [0.2, 0.25) is 0 Å². The Morgan fingerprint density at radius 2 is 2.16 bits per heavy atom. The molecule has 2 rings (SSSR count). The molecule has 3 nitrogen and oxygen atoms in total.